The van der Waals surface area contributed by atoms with Crippen LogP contribution >= 0.6 is 11.8 Å². The van der Waals surface area contributed by atoms with Crippen molar-refractivity contribution in [2.75, 3.05) is 14.1 Å². The number of aromatic nitrogens is 4. The van der Waals surface area contributed by atoms with Gasteiger partial charge >= 0.3 is 0 Å². The van der Waals surface area contributed by atoms with Crippen molar-refractivity contribution in [2.45, 2.75) is 5.16 Å². The minimum absolute atomic E-state index is 0.0899. The topological polar surface area (TPSA) is 63.9 Å². The van der Waals surface area contributed by atoms with Crippen LogP contribution in [0.4, 0.5) is 4.79 Å². The number of rotatable bonds is 1. The second kappa shape index (κ2) is 3.53. The predicted octanol–water partition coefficient (Wildman–Crippen LogP) is -0.0162. The lowest BCUT2D eigenvalue weighted by atomic mass is 11.0. The van der Waals surface area contributed by atoms with Gasteiger partial charge in [-0.1, -0.05) is 0 Å². The van der Waals surface area contributed by atoms with Gasteiger partial charge in [0.15, 0.2) is 0 Å². The molecule has 1 rings (SSSR count). The molecule has 0 aliphatic heterocycles. The molecule has 0 fully saturated rings. The molecule has 1 aromatic heterocycles. The Hall–Kier alpha value is -1.11. The molecule has 1 aromatic rings. The third-order valence-corrected chi connectivity index (χ3v) is 2.19. The summed E-state index contributed by atoms with van der Waals surface area (Å²) in [6, 6.07) is 0. The maximum absolute atomic E-state index is 11.1. The van der Waals surface area contributed by atoms with Crippen LogP contribution in [0.1, 0.15) is 0 Å². The van der Waals surface area contributed by atoms with Gasteiger partial charge in [-0.25, -0.2) is 4.68 Å². The smallest absolute Gasteiger partial charge is 0.288 e. The first kappa shape index (κ1) is 8.98. The van der Waals surface area contributed by atoms with Crippen molar-refractivity contribution < 1.29 is 4.79 Å². The van der Waals surface area contributed by atoms with Crippen LogP contribution in [-0.2, 0) is 7.05 Å². The Labute approximate surface area is 73.9 Å². The molecular weight excluding hydrogens is 178 g/mol. The molecule has 66 valence electrons. The first-order valence-electron chi connectivity index (χ1n) is 3.22. The molecule has 0 spiro atoms. The van der Waals surface area contributed by atoms with Gasteiger partial charge in [0, 0.05) is 32.9 Å². The summed E-state index contributed by atoms with van der Waals surface area (Å²) in [5.74, 6) is 0. The normalized spacial score (nSPS) is 9.92. The number of thioether (sulfide) groups is 1. The summed E-state index contributed by atoms with van der Waals surface area (Å²) in [5.41, 5.74) is 0. The molecule has 0 N–H and O–H groups in total. The number of hydrogen-bond acceptors (Lipinski definition) is 5. The Balaban J connectivity index is 2.64. The lowest BCUT2D eigenvalue weighted by molar-refractivity contribution is 0.241. The number of tetrazole rings is 1. The average Bonchev–Trinajstić information content (AvgIpc) is 2.36. The molecule has 12 heavy (non-hydrogen) atoms. The van der Waals surface area contributed by atoms with E-state index in [9.17, 15) is 4.79 Å². The van der Waals surface area contributed by atoms with E-state index >= 15 is 0 Å². The molecule has 0 aromatic carbocycles. The molecule has 0 atom stereocenters. The highest BCUT2D eigenvalue weighted by atomic mass is 32.2. The fourth-order valence-electron chi connectivity index (χ4n) is 0.477. The quantitative estimate of drug-likeness (QED) is 0.578. The van der Waals surface area contributed by atoms with Gasteiger partial charge in [-0.2, -0.15) is 0 Å². The van der Waals surface area contributed by atoms with E-state index in [-0.39, 0.29) is 5.24 Å². The predicted molar refractivity (Wildman–Crippen MR) is 43.7 cm³/mol. The van der Waals surface area contributed by atoms with Gasteiger partial charge in [0.25, 0.3) is 5.24 Å². The lowest BCUT2D eigenvalue weighted by Crippen LogP contribution is -2.16. The molecule has 0 aliphatic carbocycles. The Morgan fingerprint density at radius 3 is 2.67 bits per heavy atom. The number of amides is 1. The summed E-state index contributed by atoms with van der Waals surface area (Å²) in [6.07, 6.45) is 0. The number of aryl methyl sites for hydroxylation is 1. The van der Waals surface area contributed by atoms with E-state index < -0.39 is 0 Å². The van der Waals surface area contributed by atoms with Crippen molar-refractivity contribution in [3.8, 4) is 0 Å². The highest BCUT2D eigenvalue weighted by molar-refractivity contribution is 8.13. The fourth-order valence-corrected chi connectivity index (χ4v) is 1.06. The summed E-state index contributed by atoms with van der Waals surface area (Å²) < 4.78 is 1.45. The SMILES string of the molecule is CN(C)C(=O)Sc1nnnn1C. The Morgan fingerprint density at radius 1 is 1.58 bits per heavy atom. The van der Waals surface area contributed by atoms with Crippen molar-refractivity contribution in [2.24, 2.45) is 7.05 Å². The van der Waals surface area contributed by atoms with Gasteiger partial charge in [-0.05, 0) is 10.4 Å². The number of nitrogens with zero attached hydrogens (tertiary/aromatic N) is 5. The van der Waals surface area contributed by atoms with Crippen molar-refractivity contribution >= 4 is 17.0 Å². The fraction of sp³-hybridized carbons (Fsp3) is 0.600. The second-order valence-corrected chi connectivity index (χ2v) is 3.27. The van der Waals surface area contributed by atoms with Crippen molar-refractivity contribution in [1.29, 1.82) is 0 Å². The molecule has 0 bridgehead atoms. The first-order valence-corrected chi connectivity index (χ1v) is 4.04. The van der Waals surface area contributed by atoms with Crippen molar-refractivity contribution in [1.82, 2.24) is 25.1 Å². The van der Waals surface area contributed by atoms with E-state index in [1.807, 2.05) is 0 Å². The van der Waals surface area contributed by atoms with E-state index in [1.165, 1.54) is 9.58 Å². The molecule has 6 nitrogen and oxygen atoms in total. The lowest BCUT2D eigenvalue weighted by Gasteiger charge is -2.06. The van der Waals surface area contributed by atoms with Gasteiger partial charge in [0.05, 0.1) is 0 Å². The maximum Gasteiger partial charge on any atom is 0.288 e. The summed E-state index contributed by atoms with van der Waals surface area (Å²) in [6.45, 7) is 0. The van der Waals surface area contributed by atoms with Crippen molar-refractivity contribution in [3.05, 3.63) is 0 Å². The molecule has 0 saturated heterocycles. The summed E-state index contributed by atoms with van der Waals surface area (Å²) in [4.78, 5) is 12.6. The molecule has 0 unspecified atom stereocenters. The third kappa shape index (κ3) is 1.94. The van der Waals surface area contributed by atoms with E-state index in [2.05, 4.69) is 15.5 Å². The van der Waals surface area contributed by atoms with Crippen LogP contribution in [0.5, 0.6) is 0 Å². The van der Waals surface area contributed by atoms with E-state index in [0.717, 1.165) is 11.8 Å². The Bertz CT molecular complexity index is 283. The zero-order chi connectivity index (χ0) is 9.14. The molecular formula is C5H9N5OS. The molecule has 0 saturated carbocycles. The molecule has 1 heterocycles. The van der Waals surface area contributed by atoms with Gasteiger partial charge in [0.2, 0.25) is 5.16 Å². The molecule has 7 heteroatoms. The maximum atomic E-state index is 11.1. The zero-order valence-corrected chi connectivity index (χ0v) is 7.87. The van der Waals surface area contributed by atoms with Crippen molar-refractivity contribution in [3.63, 3.8) is 0 Å². The Morgan fingerprint density at radius 2 is 2.25 bits per heavy atom. The number of carbonyl (C=O) groups excluding carboxylic acids is 1. The van der Waals surface area contributed by atoms with Crippen LogP contribution in [0.2, 0.25) is 0 Å². The van der Waals surface area contributed by atoms with Gasteiger partial charge in [0.1, 0.15) is 0 Å². The summed E-state index contributed by atoms with van der Waals surface area (Å²) in [5, 5.41) is 11.1. The highest BCUT2D eigenvalue weighted by Crippen LogP contribution is 2.15. The molecule has 1 amide bonds. The molecule has 0 aliphatic rings. The third-order valence-electron chi connectivity index (χ3n) is 1.13. The summed E-state index contributed by atoms with van der Waals surface area (Å²) in [7, 11) is 5.05. The largest absolute Gasteiger partial charge is 0.339 e. The van der Waals surface area contributed by atoms with Gasteiger partial charge < -0.3 is 4.90 Å². The zero-order valence-electron chi connectivity index (χ0n) is 7.05. The second-order valence-electron chi connectivity index (χ2n) is 2.35. The standard InChI is InChI=1S/C5H9N5OS/c1-9(2)5(11)12-4-6-7-8-10(4)3/h1-3H3. The monoisotopic (exact) mass is 187 g/mol. The van der Waals surface area contributed by atoms with Crippen LogP contribution in [0.15, 0.2) is 5.16 Å². The number of carbonyl (C=O) groups is 1. The first-order chi connectivity index (χ1) is 5.61. The van der Waals surface area contributed by atoms with Crippen LogP contribution in [0, 0.1) is 0 Å². The average molecular weight is 187 g/mol. The van der Waals surface area contributed by atoms with E-state index in [0.29, 0.717) is 5.16 Å². The van der Waals surface area contributed by atoms with Crippen LogP contribution < -0.4 is 0 Å². The number of hydrogen-bond donors (Lipinski definition) is 0. The van der Waals surface area contributed by atoms with Crippen LogP contribution in [0.3, 0.4) is 0 Å². The van der Waals surface area contributed by atoms with E-state index in [4.69, 9.17) is 0 Å². The summed E-state index contributed by atoms with van der Waals surface area (Å²) >= 11 is 0.999. The highest BCUT2D eigenvalue weighted by Gasteiger charge is 2.11. The van der Waals surface area contributed by atoms with Gasteiger partial charge in [-0.15, -0.1) is 5.10 Å². The van der Waals surface area contributed by atoms with Crippen LogP contribution in [0.25, 0.3) is 0 Å². The van der Waals surface area contributed by atoms with Gasteiger partial charge in [-0.3, -0.25) is 4.79 Å². The van der Waals surface area contributed by atoms with Crippen LogP contribution in [-0.4, -0.2) is 44.4 Å². The van der Waals surface area contributed by atoms with E-state index in [1.54, 1.807) is 21.1 Å². The molecule has 0 radical (unpaired) electrons. The minimum Gasteiger partial charge on any atom is -0.339 e. The Kier molecular flexibility index (Phi) is 2.64. The minimum atomic E-state index is -0.0899.